The average molecular weight is 308 g/mol. The van der Waals surface area contributed by atoms with Crippen molar-refractivity contribution in [1.82, 2.24) is 4.90 Å². The number of benzene rings is 1. The molecule has 0 N–H and O–H groups in total. The summed E-state index contributed by atoms with van der Waals surface area (Å²) in [4.78, 5) is 23.0. The summed E-state index contributed by atoms with van der Waals surface area (Å²) in [5.41, 5.74) is 0.901. The Hall–Kier alpha value is -1.95. The molecule has 22 heavy (non-hydrogen) atoms. The summed E-state index contributed by atoms with van der Waals surface area (Å²) in [5.74, 6) is 0.00495. The van der Waals surface area contributed by atoms with Crippen molar-refractivity contribution in [2.75, 3.05) is 13.6 Å². The van der Waals surface area contributed by atoms with Crippen LogP contribution in [-0.4, -0.2) is 42.0 Å². The number of likely N-dealkylation sites (N-methyl/N-ethyl adjacent to an activating group) is 1. The van der Waals surface area contributed by atoms with Crippen molar-refractivity contribution >= 4 is 6.41 Å². The van der Waals surface area contributed by atoms with Gasteiger partial charge < -0.3 is 9.64 Å². The lowest BCUT2D eigenvalue weighted by molar-refractivity contribution is -0.494. The van der Waals surface area contributed by atoms with E-state index in [-0.39, 0.29) is 23.4 Å². The van der Waals surface area contributed by atoms with Crippen LogP contribution >= 0.6 is 0 Å². The van der Waals surface area contributed by atoms with Crippen molar-refractivity contribution in [3.8, 4) is 0 Å². The van der Waals surface area contributed by atoms with Gasteiger partial charge in [-0.3, -0.25) is 14.9 Å². The fourth-order valence-corrected chi connectivity index (χ4v) is 2.17. The van der Waals surface area contributed by atoms with Crippen molar-refractivity contribution in [1.29, 1.82) is 0 Å². The first-order valence-corrected chi connectivity index (χ1v) is 7.36. The quantitative estimate of drug-likeness (QED) is 0.399. The molecule has 1 amide bonds. The van der Waals surface area contributed by atoms with Crippen LogP contribution in [0.5, 0.6) is 0 Å². The van der Waals surface area contributed by atoms with Crippen LogP contribution in [-0.2, 0) is 9.53 Å². The second-order valence-corrected chi connectivity index (χ2v) is 5.78. The zero-order valence-electron chi connectivity index (χ0n) is 13.5. The maximum atomic E-state index is 11.0. The molecule has 0 radical (unpaired) electrons. The van der Waals surface area contributed by atoms with Crippen LogP contribution in [0.1, 0.15) is 32.4 Å². The molecule has 0 fully saturated rings. The van der Waals surface area contributed by atoms with E-state index >= 15 is 0 Å². The van der Waals surface area contributed by atoms with Gasteiger partial charge in [0.1, 0.15) is 12.2 Å². The number of amides is 1. The van der Waals surface area contributed by atoms with E-state index in [1.54, 1.807) is 7.05 Å². The Labute approximate surface area is 131 Å². The van der Waals surface area contributed by atoms with Gasteiger partial charge in [0.15, 0.2) is 0 Å². The summed E-state index contributed by atoms with van der Waals surface area (Å²) in [5, 5.41) is 10.9. The molecule has 0 aliphatic carbocycles. The highest BCUT2D eigenvalue weighted by molar-refractivity contribution is 5.47. The number of nitro groups is 1. The van der Waals surface area contributed by atoms with Gasteiger partial charge >= 0.3 is 0 Å². The van der Waals surface area contributed by atoms with Crippen LogP contribution in [0.4, 0.5) is 0 Å². The number of rotatable bonds is 9. The summed E-state index contributed by atoms with van der Waals surface area (Å²) in [6.45, 7) is 5.41. The maximum absolute atomic E-state index is 11.0. The number of hydrogen-bond donors (Lipinski definition) is 0. The third kappa shape index (κ3) is 5.11. The van der Waals surface area contributed by atoms with E-state index in [9.17, 15) is 14.9 Å². The molecule has 0 unspecified atom stereocenters. The predicted octanol–water partition coefficient (Wildman–Crippen LogP) is 2.52. The van der Waals surface area contributed by atoms with Crippen LogP contribution in [0.2, 0.25) is 0 Å². The van der Waals surface area contributed by atoms with Crippen molar-refractivity contribution in [2.45, 2.75) is 39.0 Å². The van der Waals surface area contributed by atoms with Gasteiger partial charge in [-0.2, -0.15) is 0 Å². The molecule has 1 rings (SSSR count). The summed E-state index contributed by atoms with van der Waals surface area (Å²) in [7, 11) is 1.68. The molecule has 0 spiro atoms. The summed E-state index contributed by atoms with van der Waals surface area (Å²) in [6, 6.07) is 9.25. The topological polar surface area (TPSA) is 72.7 Å². The third-order valence-corrected chi connectivity index (χ3v) is 3.77. The molecule has 0 bridgehead atoms. The van der Waals surface area contributed by atoms with Gasteiger partial charge in [0.05, 0.1) is 6.04 Å². The van der Waals surface area contributed by atoms with Gasteiger partial charge in [0.25, 0.3) is 0 Å². The van der Waals surface area contributed by atoms with Gasteiger partial charge in [-0.1, -0.05) is 44.2 Å². The number of ether oxygens (including phenoxy) is 1. The van der Waals surface area contributed by atoms with Gasteiger partial charge in [-0.05, 0) is 18.4 Å². The number of nitrogens with zero attached hydrogens (tertiary/aromatic N) is 2. The maximum Gasteiger partial charge on any atom is 0.229 e. The van der Waals surface area contributed by atoms with Crippen LogP contribution in [0.3, 0.4) is 0 Å². The largest absolute Gasteiger partial charge is 0.361 e. The Bertz CT molecular complexity index is 478. The molecular formula is C16H24N2O4. The Balaban J connectivity index is 3.03. The van der Waals surface area contributed by atoms with E-state index in [2.05, 4.69) is 0 Å². The molecule has 0 aromatic heterocycles. The van der Waals surface area contributed by atoms with E-state index in [1.807, 2.05) is 51.1 Å². The monoisotopic (exact) mass is 308 g/mol. The van der Waals surface area contributed by atoms with Gasteiger partial charge in [0, 0.05) is 12.0 Å². The SMILES string of the molecule is CC(C)[C@@H](C[N+](=O)[O-])O[C@H](c1ccccc1)[C@H](C)N(C)C=O. The van der Waals surface area contributed by atoms with Crippen LogP contribution in [0.25, 0.3) is 0 Å². The average Bonchev–Trinajstić information content (AvgIpc) is 2.50. The lowest BCUT2D eigenvalue weighted by atomic mass is 10.0. The Morgan fingerprint density at radius 2 is 1.86 bits per heavy atom. The molecule has 0 aliphatic rings. The summed E-state index contributed by atoms with van der Waals surface area (Å²) >= 11 is 0. The van der Waals surface area contributed by atoms with E-state index < -0.39 is 12.2 Å². The van der Waals surface area contributed by atoms with Crippen molar-refractivity contribution in [3.05, 3.63) is 46.0 Å². The normalized spacial score (nSPS) is 15.1. The minimum absolute atomic E-state index is 0.00495. The second kappa shape index (κ2) is 8.48. The van der Waals surface area contributed by atoms with Gasteiger partial charge in [0.2, 0.25) is 13.0 Å². The molecule has 0 saturated carbocycles. The fourth-order valence-electron chi connectivity index (χ4n) is 2.17. The molecule has 3 atom stereocenters. The molecule has 0 aliphatic heterocycles. The number of carbonyl (C=O) groups is 1. The van der Waals surface area contributed by atoms with E-state index in [0.717, 1.165) is 12.0 Å². The Kier molecular flexibility index (Phi) is 6.98. The second-order valence-electron chi connectivity index (χ2n) is 5.78. The molecule has 0 saturated heterocycles. The van der Waals surface area contributed by atoms with Gasteiger partial charge in [-0.25, -0.2) is 0 Å². The van der Waals surface area contributed by atoms with E-state index in [0.29, 0.717) is 0 Å². The highest BCUT2D eigenvalue weighted by atomic mass is 16.6. The Morgan fingerprint density at radius 1 is 1.27 bits per heavy atom. The molecule has 6 nitrogen and oxygen atoms in total. The molecule has 122 valence electrons. The van der Waals surface area contributed by atoms with E-state index in [4.69, 9.17) is 4.74 Å². The zero-order valence-corrected chi connectivity index (χ0v) is 13.5. The first kappa shape index (κ1) is 18.1. The molecule has 6 heteroatoms. The highest BCUT2D eigenvalue weighted by Gasteiger charge is 2.30. The summed E-state index contributed by atoms with van der Waals surface area (Å²) < 4.78 is 6.05. The molecule has 0 heterocycles. The molecular weight excluding hydrogens is 284 g/mol. The van der Waals surface area contributed by atoms with Crippen LogP contribution in [0.15, 0.2) is 30.3 Å². The minimum Gasteiger partial charge on any atom is -0.361 e. The third-order valence-electron chi connectivity index (χ3n) is 3.77. The van der Waals surface area contributed by atoms with Crippen molar-refractivity contribution in [3.63, 3.8) is 0 Å². The summed E-state index contributed by atoms with van der Waals surface area (Å²) in [6.07, 6.45) is -0.187. The minimum atomic E-state index is -0.511. The smallest absolute Gasteiger partial charge is 0.229 e. The number of hydrogen-bond acceptors (Lipinski definition) is 4. The first-order chi connectivity index (χ1) is 10.4. The zero-order chi connectivity index (χ0) is 16.7. The van der Waals surface area contributed by atoms with E-state index in [1.165, 1.54) is 4.90 Å². The van der Waals surface area contributed by atoms with Crippen LogP contribution in [0, 0.1) is 16.0 Å². The van der Waals surface area contributed by atoms with Crippen molar-refractivity contribution in [2.24, 2.45) is 5.92 Å². The standard InChI is InChI=1S/C16H24N2O4/c1-12(2)15(10-18(20)21)22-16(13(3)17(4)11-19)14-8-6-5-7-9-14/h5-9,11-13,15-16H,10H2,1-4H3/t13-,15+,16-/m0/s1. The lowest BCUT2D eigenvalue weighted by Crippen LogP contribution is -2.39. The fraction of sp³-hybridized carbons (Fsp3) is 0.562. The predicted molar refractivity (Wildman–Crippen MR) is 84.0 cm³/mol. The first-order valence-electron chi connectivity index (χ1n) is 7.36. The molecule has 1 aromatic carbocycles. The number of carbonyl (C=O) groups excluding carboxylic acids is 1. The Morgan fingerprint density at radius 3 is 2.32 bits per heavy atom. The highest BCUT2D eigenvalue weighted by Crippen LogP contribution is 2.27. The van der Waals surface area contributed by atoms with Crippen LogP contribution < -0.4 is 0 Å². The lowest BCUT2D eigenvalue weighted by Gasteiger charge is -2.33. The van der Waals surface area contributed by atoms with Crippen molar-refractivity contribution < 1.29 is 14.5 Å². The molecule has 1 aromatic rings. The van der Waals surface area contributed by atoms with Gasteiger partial charge in [-0.15, -0.1) is 0 Å².